The molecule has 0 spiro atoms. The van der Waals surface area contributed by atoms with E-state index in [2.05, 4.69) is 30.1 Å². The summed E-state index contributed by atoms with van der Waals surface area (Å²) in [4.78, 5) is 17.1. The van der Waals surface area contributed by atoms with Crippen LogP contribution in [0.4, 0.5) is 0 Å². The number of hydrogen-bond acceptors (Lipinski definition) is 2. The fourth-order valence-corrected chi connectivity index (χ4v) is 3.04. The number of carbonyl (C=O) groups excluding carboxylic acids is 1. The molecule has 0 saturated heterocycles. The summed E-state index contributed by atoms with van der Waals surface area (Å²) in [6.45, 7) is 2.07. The van der Waals surface area contributed by atoms with Gasteiger partial charge in [0.05, 0.1) is 11.6 Å². The number of carbonyl (C=O) groups is 1. The molecule has 1 aliphatic carbocycles. The third kappa shape index (κ3) is 2.51. The molecule has 0 aliphatic heterocycles. The molecule has 0 bridgehead atoms. The van der Waals surface area contributed by atoms with Gasteiger partial charge in [0.1, 0.15) is 5.78 Å². The number of rotatable bonds is 3. The average Bonchev–Trinajstić information content (AvgIpc) is 2.49. The highest BCUT2D eigenvalue weighted by molar-refractivity contribution is 5.88. The van der Waals surface area contributed by atoms with E-state index in [0.29, 0.717) is 12.2 Å². The number of pyridine rings is 1. The topological polar surface area (TPSA) is 30.0 Å². The number of aromatic nitrogens is 1. The quantitative estimate of drug-likeness (QED) is 0.848. The van der Waals surface area contributed by atoms with Gasteiger partial charge >= 0.3 is 0 Å². The van der Waals surface area contributed by atoms with Crippen LogP contribution in [0.15, 0.2) is 42.6 Å². The molecule has 0 amide bonds. The first-order valence-electron chi connectivity index (χ1n) is 7.26. The van der Waals surface area contributed by atoms with E-state index in [1.165, 1.54) is 11.1 Å². The molecule has 1 aliphatic rings. The number of ketones is 1. The molecule has 1 atom stereocenters. The molecular formula is C18H19NO. The predicted molar refractivity (Wildman–Crippen MR) is 79.8 cm³/mol. The van der Waals surface area contributed by atoms with Gasteiger partial charge in [0.25, 0.3) is 0 Å². The first kappa shape index (κ1) is 13.0. The van der Waals surface area contributed by atoms with E-state index in [1.54, 1.807) is 6.20 Å². The van der Waals surface area contributed by atoms with Crippen LogP contribution in [0.25, 0.3) is 0 Å². The van der Waals surface area contributed by atoms with Gasteiger partial charge in [-0.15, -0.1) is 0 Å². The normalized spacial score (nSPS) is 17.6. The average molecular weight is 265 g/mol. The van der Waals surface area contributed by atoms with Crippen LogP contribution in [0.5, 0.6) is 0 Å². The SMILES string of the molecule is Cc1ccccc1CC(=O)C1CCCc2cccnc21. The fraction of sp³-hybridized carbons (Fsp3) is 0.333. The van der Waals surface area contributed by atoms with Crippen LogP contribution in [-0.2, 0) is 17.6 Å². The standard InChI is InChI=1S/C18H19NO/c1-13-6-2-3-7-15(13)12-17(20)16-10-4-8-14-9-5-11-19-18(14)16/h2-3,5-7,9,11,16H,4,8,10,12H2,1H3. The molecule has 2 nitrogen and oxygen atoms in total. The Bertz CT molecular complexity index is 633. The second-order valence-corrected chi connectivity index (χ2v) is 5.56. The monoisotopic (exact) mass is 265 g/mol. The zero-order valence-corrected chi connectivity index (χ0v) is 11.8. The lowest BCUT2D eigenvalue weighted by atomic mass is 9.82. The van der Waals surface area contributed by atoms with Crippen molar-refractivity contribution in [2.24, 2.45) is 0 Å². The summed E-state index contributed by atoms with van der Waals surface area (Å²) in [6, 6.07) is 12.2. The van der Waals surface area contributed by atoms with Gasteiger partial charge in [-0.2, -0.15) is 0 Å². The van der Waals surface area contributed by atoms with Crippen LogP contribution >= 0.6 is 0 Å². The van der Waals surface area contributed by atoms with E-state index in [-0.39, 0.29) is 5.92 Å². The maximum atomic E-state index is 12.6. The lowest BCUT2D eigenvalue weighted by Crippen LogP contribution is -2.21. The first-order chi connectivity index (χ1) is 9.75. The van der Waals surface area contributed by atoms with Gasteiger partial charge in [-0.1, -0.05) is 30.3 Å². The van der Waals surface area contributed by atoms with Crippen LogP contribution in [0.2, 0.25) is 0 Å². The third-order valence-corrected chi connectivity index (χ3v) is 4.21. The van der Waals surface area contributed by atoms with Crippen molar-refractivity contribution < 1.29 is 4.79 Å². The van der Waals surface area contributed by atoms with Crippen molar-refractivity contribution in [1.82, 2.24) is 4.98 Å². The van der Waals surface area contributed by atoms with E-state index in [9.17, 15) is 4.79 Å². The van der Waals surface area contributed by atoms with Crippen LogP contribution in [0, 0.1) is 6.92 Å². The summed E-state index contributed by atoms with van der Waals surface area (Å²) in [7, 11) is 0. The van der Waals surface area contributed by atoms with Gasteiger partial charge in [0.2, 0.25) is 0 Å². The molecule has 1 unspecified atom stereocenters. The molecule has 1 heterocycles. The number of fused-ring (bicyclic) bond motifs is 1. The predicted octanol–water partition coefficient (Wildman–Crippen LogP) is 3.62. The van der Waals surface area contributed by atoms with Crippen LogP contribution in [0.1, 0.15) is 41.1 Å². The van der Waals surface area contributed by atoms with E-state index in [0.717, 1.165) is 30.5 Å². The number of aryl methyl sites for hydroxylation is 2. The van der Waals surface area contributed by atoms with Crippen molar-refractivity contribution in [2.45, 2.75) is 38.5 Å². The molecule has 1 aromatic heterocycles. The molecular weight excluding hydrogens is 246 g/mol. The Labute approximate surface area is 119 Å². The largest absolute Gasteiger partial charge is 0.299 e. The molecule has 0 radical (unpaired) electrons. The summed E-state index contributed by atoms with van der Waals surface area (Å²) in [5.41, 5.74) is 4.60. The number of nitrogens with zero attached hydrogens (tertiary/aromatic N) is 1. The van der Waals surface area contributed by atoms with E-state index in [4.69, 9.17) is 0 Å². The summed E-state index contributed by atoms with van der Waals surface area (Å²) in [6.07, 6.45) is 5.40. The molecule has 0 N–H and O–H groups in total. The molecule has 2 heteroatoms. The Balaban J connectivity index is 1.84. The van der Waals surface area contributed by atoms with Crippen LogP contribution < -0.4 is 0 Å². The van der Waals surface area contributed by atoms with E-state index < -0.39 is 0 Å². The highest BCUT2D eigenvalue weighted by atomic mass is 16.1. The summed E-state index contributed by atoms with van der Waals surface area (Å²) < 4.78 is 0. The first-order valence-corrected chi connectivity index (χ1v) is 7.26. The summed E-state index contributed by atoms with van der Waals surface area (Å²) in [5.74, 6) is 0.290. The zero-order valence-electron chi connectivity index (χ0n) is 11.8. The van der Waals surface area contributed by atoms with Crippen LogP contribution in [-0.4, -0.2) is 10.8 Å². The van der Waals surface area contributed by atoms with Gasteiger partial charge in [-0.25, -0.2) is 0 Å². The Morgan fingerprint density at radius 1 is 1.25 bits per heavy atom. The molecule has 0 fully saturated rings. The molecule has 2 aromatic rings. The second-order valence-electron chi connectivity index (χ2n) is 5.56. The fourth-order valence-electron chi connectivity index (χ4n) is 3.04. The van der Waals surface area contributed by atoms with Gasteiger partial charge in [0, 0.05) is 12.6 Å². The highest BCUT2D eigenvalue weighted by Gasteiger charge is 2.27. The van der Waals surface area contributed by atoms with Crippen molar-refractivity contribution in [3.63, 3.8) is 0 Å². The molecule has 1 aromatic carbocycles. The zero-order chi connectivity index (χ0) is 13.9. The van der Waals surface area contributed by atoms with Crippen molar-refractivity contribution in [1.29, 1.82) is 0 Å². The van der Waals surface area contributed by atoms with Crippen molar-refractivity contribution >= 4 is 5.78 Å². The molecule has 3 rings (SSSR count). The van der Waals surface area contributed by atoms with E-state index in [1.807, 2.05) is 18.2 Å². The van der Waals surface area contributed by atoms with Gasteiger partial charge in [0.15, 0.2) is 0 Å². The number of Topliss-reactive ketones (excluding diaryl/α,β-unsaturated/α-hetero) is 1. The summed E-state index contributed by atoms with van der Waals surface area (Å²) >= 11 is 0. The Kier molecular flexibility index (Phi) is 3.64. The minimum Gasteiger partial charge on any atom is -0.299 e. The lowest BCUT2D eigenvalue weighted by Gasteiger charge is -2.23. The second kappa shape index (κ2) is 5.58. The van der Waals surface area contributed by atoms with Gasteiger partial charge in [-0.3, -0.25) is 9.78 Å². The minimum atomic E-state index is -0.0143. The van der Waals surface area contributed by atoms with Crippen molar-refractivity contribution in [2.75, 3.05) is 0 Å². The third-order valence-electron chi connectivity index (χ3n) is 4.21. The van der Waals surface area contributed by atoms with E-state index >= 15 is 0 Å². The van der Waals surface area contributed by atoms with Gasteiger partial charge < -0.3 is 0 Å². The maximum absolute atomic E-state index is 12.6. The lowest BCUT2D eigenvalue weighted by molar-refractivity contribution is -0.120. The number of benzene rings is 1. The Morgan fingerprint density at radius 3 is 2.95 bits per heavy atom. The molecule has 0 saturated carbocycles. The van der Waals surface area contributed by atoms with Crippen molar-refractivity contribution in [3.8, 4) is 0 Å². The minimum absolute atomic E-state index is 0.0143. The Hall–Kier alpha value is -1.96. The maximum Gasteiger partial charge on any atom is 0.146 e. The molecule has 20 heavy (non-hydrogen) atoms. The van der Waals surface area contributed by atoms with Crippen LogP contribution in [0.3, 0.4) is 0 Å². The molecule has 102 valence electrons. The Morgan fingerprint density at radius 2 is 2.10 bits per heavy atom. The summed E-state index contributed by atoms with van der Waals surface area (Å²) in [5, 5.41) is 0. The smallest absolute Gasteiger partial charge is 0.146 e. The van der Waals surface area contributed by atoms with Gasteiger partial charge in [-0.05, 0) is 48.9 Å². The highest BCUT2D eigenvalue weighted by Crippen LogP contribution is 2.31. The van der Waals surface area contributed by atoms with Crippen molar-refractivity contribution in [3.05, 3.63) is 65.0 Å². The number of hydrogen-bond donors (Lipinski definition) is 0.